The Hall–Kier alpha value is -1.51. The van der Waals surface area contributed by atoms with Crippen molar-refractivity contribution < 1.29 is 14.3 Å². The van der Waals surface area contributed by atoms with Crippen LogP contribution < -0.4 is 4.74 Å². The van der Waals surface area contributed by atoms with E-state index in [0.717, 1.165) is 63.7 Å². The molecule has 1 aliphatic rings. The zero-order valence-electron chi connectivity index (χ0n) is 16.0. The average Bonchev–Trinajstić information content (AvgIpc) is 2.63. The van der Waals surface area contributed by atoms with Crippen LogP contribution >= 0.6 is 0 Å². The second-order valence-corrected chi connectivity index (χ2v) is 7.12. The van der Waals surface area contributed by atoms with Gasteiger partial charge >= 0.3 is 5.97 Å². The lowest BCUT2D eigenvalue weighted by Crippen LogP contribution is -2.29. The highest BCUT2D eigenvalue weighted by Gasteiger charge is 2.31. The average molecular weight is 347 g/mol. The molecule has 25 heavy (non-hydrogen) atoms. The number of unbranched alkanes of at least 4 members (excludes halogenated alkanes) is 3. The van der Waals surface area contributed by atoms with Gasteiger partial charge in [-0.3, -0.25) is 4.79 Å². The summed E-state index contributed by atoms with van der Waals surface area (Å²) >= 11 is 0. The Morgan fingerprint density at radius 2 is 1.80 bits per heavy atom. The van der Waals surface area contributed by atoms with Crippen molar-refractivity contribution >= 4 is 5.97 Å². The molecule has 140 valence electrons. The van der Waals surface area contributed by atoms with E-state index in [1.54, 1.807) is 0 Å². The Balaban J connectivity index is 2.03. The van der Waals surface area contributed by atoms with E-state index in [0.29, 0.717) is 6.42 Å². The standard InChI is InChI=1S/C22H34O3/c1-3-5-7-16-22(23)25-21-15-11-9-13-19(21)18-12-8-10-14-20(18)24-17-6-4-2/h8,10,12,14,19,21H,3-7,9,11,13,15-17H2,1-2H3/t19-,21+/m1/s1. The summed E-state index contributed by atoms with van der Waals surface area (Å²) in [5.74, 6) is 1.20. The van der Waals surface area contributed by atoms with Crippen molar-refractivity contribution in [2.24, 2.45) is 0 Å². The Morgan fingerprint density at radius 3 is 2.60 bits per heavy atom. The topological polar surface area (TPSA) is 35.5 Å². The van der Waals surface area contributed by atoms with Crippen LogP contribution in [-0.2, 0) is 9.53 Å². The van der Waals surface area contributed by atoms with E-state index >= 15 is 0 Å². The summed E-state index contributed by atoms with van der Waals surface area (Å²) < 4.78 is 11.9. The van der Waals surface area contributed by atoms with E-state index in [2.05, 4.69) is 32.0 Å². The molecule has 1 aromatic rings. The van der Waals surface area contributed by atoms with Crippen LogP contribution in [-0.4, -0.2) is 18.7 Å². The number of hydrogen-bond acceptors (Lipinski definition) is 3. The lowest BCUT2D eigenvalue weighted by Gasteiger charge is -2.32. The number of rotatable bonds is 10. The quantitative estimate of drug-likeness (QED) is 0.384. The van der Waals surface area contributed by atoms with Gasteiger partial charge in [-0.05, 0) is 38.2 Å². The van der Waals surface area contributed by atoms with Crippen molar-refractivity contribution in [3.8, 4) is 5.75 Å². The summed E-state index contributed by atoms with van der Waals surface area (Å²) in [6.45, 7) is 5.07. The van der Waals surface area contributed by atoms with Crippen molar-refractivity contribution in [3.05, 3.63) is 29.8 Å². The largest absolute Gasteiger partial charge is 0.493 e. The monoisotopic (exact) mass is 346 g/mol. The third kappa shape index (κ3) is 6.37. The Bertz CT molecular complexity index is 512. The summed E-state index contributed by atoms with van der Waals surface area (Å²) in [4.78, 5) is 12.2. The van der Waals surface area contributed by atoms with Gasteiger partial charge in [0.05, 0.1) is 6.61 Å². The van der Waals surface area contributed by atoms with Crippen LogP contribution in [0.2, 0.25) is 0 Å². The second kappa shape index (κ2) is 11.2. The molecule has 1 fully saturated rings. The molecule has 1 aliphatic carbocycles. The van der Waals surface area contributed by atoms with Crippen molar-refractivity contribution in [3.63, 3.8) is 0 Å². The first-order chi connectivity index (χ1) is 12.3. The molecule has 0 bridgehead atoms. The van der Waals surface area contributed by atoms with Crippen LogP contribution in [0.5, 0.6) is 5.75 Å². The minimum Gasteiger partial charge on any atom is -0.493 e. The second-order valence-electron chi connectivity index (χ2n) is 7.12. The molecule has 0 aromatic heterocycles. The van der Waals surface area contributed by atoms with Gasteiger partial charge in [-0.25, -0.2) is 0 Å². The summed E-state index contributed by atoms with van der Waals surface area (Å²) in [6.07, 6.45) is 10.3. The van der Waals surface area contributed by atoms with E-state index in [9.17, 15) is 4.79 Å². The zero-order chi connectivity index (χ0) is 17.9. The molecule has 0 radical (unpaired) electrons. The van der Waals surface area contributed by atoms with Gasteiger partial charge < -0.3 is 9.47 Å². The Labute approximate surface area is 153 Å². The smallest absolute Gasteiger partial charge is 0.306 e. The van der Waals surface area contributed by atoms with Gasteiger partial charge in [0.25, 0.3) is 0 Å². The molecule has 1 aromatic carbocycles. The van der Waals surface area contributed by atoms with Crippen LogP contribution in [0.4, 0.5) is 0 Å². The lowest BCUT2D eigenvalue weighted by molar-refractivity contribution is -0.151. The van der Waals surface area contributed by atoms with Gasteiger partial charge in [0.15, 0.2) is 0 Å². The summed E-state index contributed by atoms with van der Waals surface area (Å²) in [5.41, 5.74) is 1.21. The lowest BCUT2D eigenvalue weighted by atomic mass is 9.81. The van der Waals surface area contributed by atoms with Gasteiger partial charge in [0.2, 0.25) is 0 Å². The maximum atomic E-state index is 12.2. The van der Waals surface area contributed by atoms with E-state index in [1.165, 1.54) is 12.0 Å². The van der Waals surface area contributed by atoms with Crippen molar-refractivity contribution in [2.75, 3.05) is 6.61 Å². The number of carbonyl (C=O) groups excluding carboxylic acids is 1. The molecular formula is C22H34O3. The molecule has 0 heterocycles. The van der Waals surface area contributed by atoms with Crippen molar-refractivity contribution in [1.29, 1.82) is 0 Å². The summed E-state index contributed by atoms with van der Waals surface area (Å²) in [6, 6.07) is 8.30. The normalized spacial score (nSPS) is 20.2. The van der Waals surface area contributed by atoms with Crippen LogP contribution in [0.15, 0.2) is 24.3 Å². The van der Waals surface area contributed by atoms with E-state index in [4.69, 9.17) is 9.47 Å². The molecule has 0 amide bonds. The Morgan fingerprint density at radius 1 is 1.04 bits per heavy atom. The number of para-hydroxylation sites is 1. The highest BCUT2D eigenvalue weighted by atomic mass is 16.5. The fraction of sp³-hybridized carbons (Fsp3) is 0.682. The highest BCUT2D eigenvalue weighted by Crippen LogP contribution is 2.39. The number of benzene rings is 1. The van der Waals surface area contributed by atoms with Crippen molar-refractivity contribution in [2.45, 2.75) is 90.1 Å². The molecule has 2 rings (SSSR count). The first-order valence-electron chi connectivity index (χ1n) is 10.2. The first-order valence-corrected chi connectivity index (χ1v) is 10.2. The molecular weight excluding hydrogens is 312 g/mol. The van der Waals surface area contributed by atoms with Gasteiger partial charge in [-0.2, -0.15) is 0 Å². The number of esters is 1. The van der Waals surface area contributed by atoms with Crippen LogP contribution in [0, 0.1) is 0 Å². The molecule has 1 saturated carbocycles. The molecule has 2 atom stereocenters. The maximum Gasteiger partial charge on any atom is 0.306 e. The molecule has 0 unspecified atom stereocenters. The molecule has 0 N–H and O–H groups in total. The fourth-order valence-electron chi connectivity index (χ4n) is 3.59. The van der Waals surface area contributed by atoms with E-state index in [1.807, 2.05) is 6.07 Å². The predicted octanol–water partition coefficient (Wildman–Crippen LogP) is 6.02. The van der Waals surface area contributed by atoms with Crippen LogP contribution in [0.25, 0.3) is 0 Å². The Kier molecular flexibility index (Phi) is 8.85. The number of carbonyl (C=O) groups is 1. The third-order valence-electron chi connectivity index (χ3n) is 5.04. The van der Waals surface area contributed by atoms with Gasteiger partial charge in [-0.15, -0.1) is 0 Å². The molecule has 0 spiro atoms. The first kappa shape index (κ1) is 19.8. The van der Waals surface area contributed by atoms with E-state index in [-0.39, 0.29) is 18.0 Å². The number of hydrogen-bond donors (Lipinski definition) is 0. The van der Waals surface area contributed by atoms with E-state index < -0.39 is 0 Å². The van der Waals surface area contributed by atoms with Crippen LogP contribution in [0.3, 0.4) is 0 Å². The maximum absolute atomic E-state index is 12.2. The minimum atomic E-state index is -0.0327. The van der Waals surface area contributed by atoms with Gasteiger partial charge in [-0.1, -0.05) is 57.7 Å². The molecule has 0 saturated heterocycles. The zero-order valence-corrected chi connectivity index (χ0v) is 16.0. The van der Waals surface area contributed by atoms with Crippen molar-refractivity contribution in [1.82, 2.24) is 0 Å². The molecule has 0 aliphatic heterocycles. The molecule has 3 nitrogen and oxygen atoms in total. The van der Waals surface area contributed by atoms with Gasteiger partial charge in [0.1, 0.15) is 11.9 Å². The highest BCUT2D eigenvalue weighted by molar-refractivity contribution is 5.69. The summed E-state index contributed by atoms with van der Waals surface area (Å²) in [7, 11) is 0. The predicted molar refractivity (Wildman–Crippen MR) is 102 cm³/mol. The van der Waals surface area contributed by atoms with Crippen LogP contribution in [0.1, 0.15) is 89.5 Å². The molecule has 3 heteroatoms. The third-order valence-corrected chi connectivity index (χ3v) is 5.04. The van der Waals surface area contributed by atoms with Gasteiger partial charge in [0, 0.05) is 17.9 Å². The number of ether oxygens (including phenoxy) is 2. The summed E-state index contributed by atoms with van der Waals surface area (Å²) in [5, 5.41) is 0. The SMILES string of the molecule is CCCCCC(=O)O[C@H]1CCCC[C@@H]1c1ccccc1OCCCC. The minimum absolute atomic E-state index is 0.00111. The fourth-order valence-corrected chi connectivity index (χ4v) is 3.59.